The maximum absolute atomic E-state index is 13.0. The molecule has 7 heteroatoms. The molecule has 0 nitrogen and oxygen atoms in total. The first-order valence-corrected chi connectivity index (χ1v) is 11.9. The van der Waals surface area contributed by atoms with E-state index >= 15 is 0 Å². The number of thiophene rings is 2. The first-order chi connectivity index (χ1) is 12.8. The van der Waals surface area contributed by atoms with Crippen molar-refractivity contribution in [2.24, 2.45) is 11.8 Å². The molecule has 0 aromatic carbocycles. The molecule has 0 saturated carbocycles. The van der Waals surface area contributed by atoms with E-state index in [0.717, 1.165) is 22.6 Å². The van der Waals surface area contributed by atoms with Gasteiger partial charge in [0.1, 0.15) is 0 Å². The summed E-state index contributed by atoms with van der Waals surface area (Å²) < 4.78 is 52.2. The maximum Gasteiger partial charge on any atom is 0.264 e. The van der Waals surface area contributed by atoms with Gasteiger partial charge in [0, 0.05) is 31.4 Å². The average Bonchev–Trinajstić information content (AvgIpc) is 3.31. The van der Waals surface area contributed by atoms with Crippen LogP contribution in [0.15, 0.2) is 22.9 Å². The lowest BCUT2D eigenvalue weighted by Gasteiger charge is -2.29. The van der Waals surface area contributed by atoms with Crippen LogP contribution in [0.2, 0.25) is 0 Å². The summed E-state index contributed by atoms with van der Waals surface area (Å²) in [5.41, 5.74) is 0.139. The molecular formula is C20H26F4S3. The van der Waals surface area contributed by atoms with Gasteiger partial charge in [0.2, 0.25) is 0 Å². The Bertz CT molecular complexity index is 637. The van der Waals surface area contributed by atoms with Crippen LogP contribution in [0, 0.1) is 11.8 Å². The third-order valence-corrected chi connectivity index (χ3v) is 9.35. The Labute approximate surface area is 171 Å². The van der Waals surface area contributed by atoms with Crippen LogP contribution in [0.3, 0.4) is 0 Å². The van der Waals surface area contributed by atoms with Gasteiger partial charge >= 0.3 is 0 Å². The van der Waals surface area contributed by atoms with E-state index in [1.807, 2.05) is 0 Å². The third kappa shape index (κ3) is 5.73. The van der Waals surface area contributed by atoms with Crippen molar-refractivity contribution in [3.63, 3.8) is 0 Å². The predicted octanol–water partition coefficient (Wildman–Crippen LogP) is 9.29. The highest BCUT2D eigenvalue weighted by molar-refractivity contribution is 8.00. The molecule has 0 aliphatic carbocycles. The lowest BCUT2D eigenvalue weighted by Crippen LogP contribution is -2.11. The number of halogens is 4. The van der Waals surface area contributed by atoms with Crippen LogP contribution in [-0.2, 0) is 0 Å². The monoisotopic (exact) mass is 438 g/mol. The van der Waals surface area contributed by atoms with E-state index in [-0.39, 0.29) is 21.6 Å². The lowest BCUT2D eigenvalue weighted by atomic mass is 10.0. The Morgan fingerprint density at radius 3 is 1.41 bits per heavy atom. The van der Waals surface area contributed by atoms with Crippen molar-refractivity contribution < 1.29 is 17.6 Å². The van der Waals surface area contributed by atoms with Crippen molar-refractivity contribution >= 4 is 34.4 Å². The molecule has 0 radical (unpaired) electrons. The van der Waals surface area contributed by atoms with Crippen LogP contribution < -0.4 is 0 Å². The van der Waals surface area contributed by atoms with Crippen molar-refractivity contribution in [2.45, 2.75) is 63.9 Å². The Morgan fingerprint density at radius 2 is 1.15 bits per heavy atom. The van der Waals surface area contributed by atoms with E-state index in [1.54, 1.807) is 23.9 Å². The van der Waals surface area contributed by atoms with Crippen molar-refractivity contribution in [1.29, 1.82) is 0 Å². The molecule has 0 N–H and O–H groups in total. The molecule has 0 spiro atoms. The van der Waals surface area contributed by atoms with Crippen LogP contribution >= 0.6 is 34.4 Å². The van der Waals surface area contributed by atoms with Crippen LogP contribution in [0.5, 0.6) is 0 Å². The van der Waals surface area contributed by atoms with E-state index in [4.69, 9.17) is 0 Å². The molecule has 2 aromatic heterocycles. The number of thioether (sulfide) groups is 1. The molecule has 4 unspecified atom stereocenters. The number of hydrogen-bond donors (Lipinski definition) is 0. The van der Waals surface area contributed by atoms with Crippen molar-refractivity contribution in [2.75, 3.05) is 0 Å². The summed E-state index contributed by atoms with van der Waals surface area (Å²) in [7, 11) is 0. The summed E-state index contributed by atoms with van der Waals surface area (Å²) in [5, 5.41) is 3.22. The van der Waals surface area contributed by atoms with Gasteiger partial charge in [0.05, 0.1) is 0 Å². The number of alkyl halides is 4. The van der Waals surface area contributed by atoms with E-state index in [9.17, 15) is 17.6 Å². The van der Waals surface area contributed by atoms with Gasteiger partial charge in [-0.1, -0.05) is 40.5 Å². The molecule has 0 bridgehead atoms. The smallest absolute Gasteiger partial charge is 0.205 e. The second kappa shape index (κ2) is 10.3. The minimum atomic E-state index is -2.46. The molecule has 0 aliphatic heterocycles. The fourth-order valence-corrected chi connectivity index (χ4v) is 7.15. The first-order valence-electron chi connectivity index (χ1n) is 9.16. The zero-order chi connectivity index (χ0) is 20.1. The zero-order valence-corrected chi connectivity index (χ0v) is 18.4. The van der Waals surface area contributed by atoms with Gasteiger partial charge in [0.15, 0.2) is 0 Å². The zero-order valence-electron chi connectivity index (χ0n) is 15.9. The second-order valence-corrected chi connectivity index (χ2v) is 10.1. The van der Waals surface area contributed by atoms with Gasteiger partial charge in [0.25, 0.3) is 12.9 Å². The average molecular weight is 439 g/mol. The molecule has 2 aromatic rings. The molecule has 0 saturated heterocycles. The van der Waals surface area contributed by atoms with Gasteiger partial charge in [-0.3, -0.25) is 0 Å². The second-order valence-electron chi connectivity index (χ2n) is 6.91. The van der Waals surface area contributed by atoms with Crippen LogP contribution in [0.25, 0.3) is 0 Å². The highest BCUT2D eigenvalue weighted by atomic mass is 32.2. The Hall–Kier alpha value is -0.530. The fourth-order valence-electron chi connectivity index (χ4n) is 2.81. The standard InChI is InChI=1S/C20H26F4S3/c1-5-11(3)17(15-7-13(9-25-15)19(21)22)27-18(12(4)6-2)16-8-14(10-26-16)20(23)24/h7-12,17-20H,5-6H2,1-4H3. The molecular weight excluding hydrogens is 412 g/mol. The number of hydrogen-bond acceptors (Lipinski definition) is 3. The van der Waals surface area contributed by atoms with E-state index in [1.165, 1.54) is 33.4 Å². The molecule has 27 heavy (non-hydrogen) atoms. The van der Waals surface area contributed by atoms with Crippen molar-refractivity contribution in [1.82, 2.24) is 0 Å². The lowest BCUT2D eigenvalue weighted by molar-refractivity contribution is 0.151. The van der Waals surface area contributed by atoms with E-state index < -0.39 is 12.9 Å². The minimum absolute atomic E-state index is 0.0695. The SMILES string of the molecule is CCC(C)C(SC(c1cc(C(F)F)cs1)C(C)CC)c1cc(C(F)F)cs1. The summed E-state index contributed by atoms with van der Waals surface area (Å²) in [5.74, 6) is 0.612. The van der Waals surface area contributed by atoms with Gasteiger partial charge in [-0.05, 0) is 34.7 Å². The van der Waals surface area contributed by atoms with Gasteiger partial charge in [-0.25, -0.2) is 17.6 Å². The van der Waals surface area contributed by atoms with Gasteiger partial charge in [-0.15, -0.1) is 34.4 Å². The Balaban J connectivity index is 2.33. The summed E-state index contributed by atoms with van der Waals surface area (Å²) >= 11 is 4.50. The third-order valence-electron chi connectivity index (χ3n) is 4.96. The fraction of sp³-hybridized carbons (Fsp3) is 0.600. The molecule has 0 amide bonds. The minimum Gasteiger partial charge on any atom is -0.205 e. The maximum atomic E-state index is 13.0. The quantitative estimate of drug-likeness (QED) is 0.333. The highest BCUT2D eigenvalue weighted by Gasteiger charge is 2.30. The van der Waals surface area contributed by atoms with Crippen LogP contribution in [0.1, 0.15) is 84.8 Å². The van der Waals surface area contributed by atoms with E-state index in [2.05, 4.69) is 27.7 Å². The van der Waals surface area contributed by atoms with Crippen LogP contribution in [0.4, 0.5) is 17.6 Å². The molecule has 152 valence electrons. The molecule has 2 rings (SSSR count). The van der Waals surface area contributed by atoms with Crippen molar-refractivity contribution in [3.05, 3.63) is 43.8 Å². The molecule has 2 heterocycles. The Morgan fingerprint density at radius 1 is 0.778 bits per heavy atom. The van der Waals surface area contributed by atoms with Crippen molar-refractivity contribution in [3.8, 4) is 0 Å². The first kappa shape index (κ1) is 22.8. The van der Waals surface area contributed by atoms with Crippen LogP contribution in [-0.4, -0.2) is 0 Å². The van der Waals surface area contributed by atoms with E-state index in [0.29, 0.717) is 11.8 Å². The van der Waals surface area contributed by atoms with Gasteiger partial charge in [-0.2, -0.15) is 0 Å². The topological polar surface area (TPSA) is 0 Å². The molecule has 4 atom stereocenters. The molecule has 0 fully saturated rings. The highest BCUT2D eigenvalue weighted by Crippen LogP contribution is 2.52. The Kier molecular flexibility index (Phi) is 8.69. The molecule has 0 aliphatic rings. The predicted molar refractivity (Wildman–Crippen MR) is 111 cm³/mol. The largest absolute Gasteiger partial charge is 0.264 e. The summed E-state index contributed by atoms with van der Waals surface area (Å²) in [4.78, 5) is 1.90. The summed E-state index contributed by atoms with van der Waals surface area (Å²) in [6.07, 6.45) is -3.07. The number of rotatable bonds is 10. The van der Waals surface area contributed by atoms with Gasteiger partial charge < -0.3 is 0 Å². The summed E-state index contributed by atoms with van der Waals surface area (Å²) in [6.45, 7) is 8.45. The summed E-state index contributed by atoms with van der Waals surface area (Å²) in [6, 6.07) is 3.23. The normalized spacial score (nSPS) is 16.7.